The lowest BCUT2D eigenvalue weighted by Gasteiger charge is -2.07. The van der Waals surface area contributed by atoms with Crippen molar-refractivity contribution in [3.63, 3.8) is 0 Å². The number of hydrogen-bond donors (Lipinski definition) is 1. The van der Waals surface area contributed by atoms with Gasteiger partial charge in [0.05, 0.1) is 12.8 Å². The Kier molecular flexibility index (Phi) is 4.02. The molecule has 2 aromatic rings. The van der Waals surface area contributed by atoms with Gasteiger partial charge >= 0.3 is 0 Å². The zero-order valence-corrected chi connectivity index (χ0v) is 12.1. The lowest BCUT2D eigenvalue weighted by atomic mass is 10.2. The Hall–Kier alpha value is -2.37. The molecule has 0 aromatic carbocycles. The number of pyridine rings is 1. The molecular formula is C14H18N4O2. The molecule has 6 nitrogen and oxygen atoms in total. The number of ether oxygens (including phenoxy) is 1. The van der Waals surface area contributed by atoms with Gasteiger partial charge in [0.2, 0.25) is 0 Å². The van der Waals surface area contributed by atoms with E-state index in [0.29, 0.717) is 17.3 Å². The Morgan fingerprint density at radius 1 is 1.50 bits per heavy atom. The molecule has 0 unspecified atom stereocenters. The van der Waals surface area contributed by atoms with Gasteiger partial charge in [-0.3, -0.25) is 14.5 Å². The largest absolute Gasteiger partial charge is 0.497 e. The SMILES string of the molecule is CCc1nn(C)c(NC(=O)c2cc(OC)ccn2)c1C. The van der Waals surface area contributed by atoms with Gasteiger partial charge < -0.3 is 10.1 Å². The van der Waals surface area contributed by atoms with Crippen LogP contribution in [-0.4, -0.2) is 27.8 Å². The number of carbonyl (C=O) groups excluding carboxylic acids is 1. The minimum Gasteiger partial charge on any atom is -0.497 e. The normalized spacial score (nSPS) is 10.4. The molecule has 6 heteroatoms. The van der Waals surface area contributed by atoms with E-state index in [0.717, 1.165) is 17.7 Å². The summed E-state index contributed by atoms with van der Waals surface area (Å²) in [7, 11) is 3.36. The molecule has 0 bridgehead atoms. The Bertz CT molecular complexity index is 634. The van der Waals surface area contributed by atoms with E-state index in [9.17, 15) is 4.79 Å². The van der Waals surface area contributed by atoms with E-state index >= 15 is 0 Å². The molecule has 2 aromatic heterocycles. The van der Waals surface area contributed by atoms with Crippen LogP contribution in [-0.2, 0) is 13.5 Å². The number of hydrogen-bond acceptors (Lipinski definition) is 4. The van der Waals surface area contributed by atoms with Crippen molar-refractivity contribution < 1.29 is 9.53 Å². The predicted octanol–water partition coefficient (Wildman–Crippen LogP) is 1.95. The number of carbonyl (C=O) groups is 1. The van der Waals surface area contributed by atoms with Crippen LogP contribution in [0.5, 0.6) is 5.75 Å². The van der Waals surface area contributed by atoms with Crippen LogP contribution >= 0.6 is 0 Å². The fourth-order valence-corrected chi connectivity index (χ4v) is 2.03. The summed E-state index contributed by atoms with van der Waals surface area (Å²) in [6.07, 6.45) is 2.37. The number of amides is 1. The summed E-state index contributed by atoms with van der Waals surface area (Å²) in [4.78, 5) is 16.3. The van der Waals surface area contributed by atoms with Crippen molar-refractivity contribution in [2.75, 3.05) is 12.4 Å². The lowest BCUT2D eigenvalue weighted by Crippen LogP contribution is -2.16. The van der Waals surface area contributed by atoms with Crippen LogP contribution in [0.25, 0.3) is 0 Å². The maximum absolute atomic E-state index is 12.2. The molecule has 106 valence electrons. The summed E-state index contributed by atoms with van der Waals surface area (Å²) in [6, 6.07) is 3.29. The Balaban J connectivity index is 2.25. The molecule has 0 radical (unpaired) electrons. The van der Waals surface area contributed by atoms with Crippen molar-refractivity contribution in [1.29, 1.82) is 0 Å². The van der Waals surface area contributed by atoms with E-state index in [1.807, 2.05) is 13.8 Å². The zero-order chi connectivity index (χ0) is 14.7. The topological polar surface area (TPSA) is 69.0 Å². The summed E-state index contributed by atoms with van der Waals surface area (Å²) >= 11 is 0. The third-order valence-corrected chi connectivity index (χ3v) is 3.15. The first kappa shape index (κ1) is 14.0. The quantitative estimate of drug-likeness (QED) is 0.925. The lowest BCUT2D eigenvalue weighted by molar-refractivity contribution is 0.102. The summed E-state index contributed by atoms with van der Waals surface area (Å²) in [6.45, 7) is 3.98. The Labute approximate surface area is 117 Å². The minimum atomic E-state index is -0.280. The maximum atomic E-state index is 12.2. The molecule has 0 atom stereocenters. The highest BCUT2D eigenvalue weighted by Gasteiger charge is 2.15. The van der Waals surface area contributed by atoms with Crippen molar-refractivity contribution >= 4 is 11.7 Å². The molecule has 0 aliphatic heterocycles. The molecule has 0 saturated heterocycles. The van der Waals surface area contributed by atoms with Crippen molar-refractivity contribution in [2.24, 2.45) is 7.05 Å². The van der Waals surface area contributed by atoms with E-state index in [4.69, 9.17) is 4.74 Å². The zero-order valence-electron chi connectivity index (χ0n) is 12.1. The first-order valence-electron chi connectivity index (χ1n) is 6.40. The van der Waals surface area contributed by atoms with Crippen LogP contribution in [0.2, 0.25) is 0 Å². The van der Waals surface area contributed by atoms with Crippen LogP contribution in [0.3, 0.4) is 0 Å². The molecule has 0 fully saturated rings. The van der Waals surface area contributed by atoms with Crippen molar-refractivity contribution in [1.82, 2.24) is 14.8 Å². The van der Waals surface area contributed by atoms with Gasteiger partial charge in [0.15, 0.2) is 0 Å². The maximum Gasteiger partial charge on any atom is 0.275 e. The molecule has 2 heterocycles. The van der Waals surface area contributed by atoms with E-state index in [1.54, 1.807) is 37.2 Å². The third-order valence-electron chi connectivity index (χ3n) is 3.15. The number of aromatic nitrogens is 3. The Morgan fingerprint density at radius 2 is 2.25 bits per heavy atom. The summed E-state index contributed by atoms with van der Waals surface area (Å²) in [5.74, 6) is 1.01. The standard InChI is InChI=1S/C14H18N4O2/c1-5-11-9(2)13(18(3)17-11)16-14(19)12-8-10(20-4)6-7-15-12/h6-8H,5H2,1-4H3,(H,16,19). The second-order valence-corrected chi connectivity index (χ2v) is 4.43. The van der Waals surface area contributed by atoms with Crippen LogP contribution in [0.15, 0.2) is 18.3 Å². The summed E-state index contributed by atoms with van der Waals surface area (Å²) in [5, 5.41) is 7.21. The highest BCUT2D eigenvalue weighted by molar-refractivity contribution is 6.03. The monoisotopic (exact) mass is 274 g/mol. The average molecular weight is 274 g/mol. The first-order valence-corrected chi connectivity index (χ1v) is 6.40. The number of anilines is 1. The van der Waals surface area contributed by atoms with Gasteiger partial charge in [0.1, 0.15) is 17.3 Å². The molecule has 2 rings (SSSR count). The van der Waals surface area contributed by atoms with Crippen LogP contribution in [0, 0.1) is 6.92 Å². The van der Waals surface area contributed by atoms with Gasteiger partial charge in [-0.1, -0.05) is 6.92 Å². The van der Waals surface area contributed by atoms with E-state index in [2.05, 4.69) is 15.4 Å². The second-order valence-electron chi connectivity index (χ2n) is 4.43. The van der Waals surface area contributed by atoms with Crippen molar-refractivity contribution in [3.8, 4) is 5.75 Å². The number of nitrogens with one attached hydrogen (secondary N) is 1. The molecule has 20 heavy (non-hydrogen) atoms. The van der Waals surface area contributed by atoms with Gasteiger partial charge in [0, 0.05) is 24.9 Å². The van der Waals surface area contributed by atoms with Crippen molar-refractivity contribution in [2.45, 2.75) is 20.3 Å². The fraction of sp³-hybridized carbons (Fsp3) is 0.357. The number of rotatable bonds is 4. The van der Waals surface area contributed by atoms with Gasteiger partial charge in [-0.25, -0.2) is 0 Å². The molecule has 1 amide bonds. The summed E-state index contributed by atoms with van der Waals surface area (Å²) < 4.78 is 6.76. The second kappa shape index (κ2) is 5.73. The minimum absolute atomic E-state index is 0.280. The van der Waals surface area contributed by atoms with E-state index in [1.165, 1.54) is 0 Å². The predicted molar refractivity (Wildman–Crippen MR) is 76.1 cm³/mol. The van der Waals surface area contributed by atoms with Gasteiger partial charge in [-0.05, 0) is 19.4 Å². The molecular weight excluding hydrogens is 256 g/mol. The van der Waals surface area contributed by atoms with Gasteiger partial charge in [-0.15, -0.1) is 0 Å². The average Bonchev–Trinajstić information content (AvgIpc) is 2.74. The molecule has 0 aliphatic rings. The smallest absolute Gasteiger partial charge is 0.275 e. The molecule has 0 aliphatic carbocycles. The number of methoxy groups -OCH3 is 1. The Morgan fingerprint density at radius 3 is 2.85 bits per heavy atom. The number of nitrogens with zero attached hydrogens (tertiary/aromatic N) is 3. The summed E-state index contributed by atoms with van der Waals surface area (Å²) in [5.41, 5.74) is 2.26. The van der Waals surface area contributed by atoms with Crippen molar-refractivity contribution in [3.05, 3.63) is 35.3 Å². The van der Waals surface area contributed by atoms with E-state index < -0.39 is 0 Å². The van der Waals surface area contributed by atoms with Crippen LogP contribution < -0.4 is 10.1 Å². The number of aryl methyl sites for hydroxylation is 2. The first-order chi connectivity index (χ1) is 9.56. The van der Waals surface area contributed by atoms with Crippen LogP contribution in [0.1, 0.15) is 28.7 Å². The molecule has 1 N–H and O–H groups in total. The molecule has 0 saturated carbocycles. The highest BCUT2D eigenvalue weighted by Crippen LogP contribution is 2.19. The van der Waals surface area contributed by atoms with Crippen LogP contribution in [0.4, 0.5) is 5.82 Å². The third kappa shape index (κ3) is 2.64. The van der Waals surface area contributed by atoms with Gasteiger partial charge in [-0.2, -0.15) is 5.10 Å². The fourth-order valence-electron chi connectivity index (χ4n) is 2.03. The molecule has 0 spiro atoms. The van der Waals surface area contributed by atoms with E-state index in [-0.39, 0.29) is 5.91 Å². The highest BCUT2D eigenvalue weighted by atomic mass is 16.5. The van der Waals surface area contributed by atoms with Gasteiger partial charge in [0.25, 0.3) is 5.91 Å².